The Labute approximate surface area is 230 Å². The van der Waals surface area contributed by atoms with Crippen LogP contribution in [0.25, 0.3) is 10.9 Å². The van der Waals surface area contributed by atoms with Gasteiger partial charge in [0.2, 0.25) is 9.84 Å². The van der Waals surface area contributed by atoms with Gasteiger partial charge in [-0.15, -0.1) is 0 Å². The second kappa shape index (κ2) is 11.6. The van der Waals surface area contributed by atoms with Crippen LogP contribution in [0.15, 0.2) is 58.5 Å². The van der Waals surface area contributed by atoms with Crippen molar-refractivity contribution >= 4 is 32.4 Å². The summed E-state index contributed by atoms with van der Waals surface area (Å²) in [6.45, 7) is 7.19. The number of nitrogens with zero attached hydrogens (tertiary/aromatic N) is 3. The highest BCUT2D eigenvalue weighted by Gasteiger charge is 2.32. The Hall–Kier alpha value is -3.01. The fraction of sp³-hybridized carbons (Fsp3) is 0.467. The molecule has 8 nitrogen and oxygen atoms in total. The molecule has 0 atom stereocenters. The average Bonchev–Trinajstić information content (AvgIpc) is 2.97. The van der Waals surface area contributed by atoms with Crippen molar-refractivity contribution < 1.29 is 23.1 Å². The van der Waals surface area contributed by atoms with E-state index in [2.05, 4.69) is 14.8 Å². The van der Waals surface area contributed by atoms with Crippen LogP contribution in [0.2, 0.25) is 0 Å². The maximum Gasteiger partial charge on any atom is 0.338 e. The monoisotopic (exact) mass is 551 g/mol. The number of sulfone groups is 1. The summed E-state index contributed by atoms with van der Waals surface area (Å²) in [4.78, 5) is 22.1. The van der Waals surface area contributed by atoms with Gasteiger partial charge in [0.05, 0.1) is 34.4 Å². The fourth-order valence-electron chi connectivity index (χ4n) is 5.76. The van der Waals surface area contributed by atoms with Crippen LogP contribution < -0.4 is 4.90 Å². The second-order valence-electron chi connectivity index (χ2n) is 10.4. The van der Waals surface area contributed by atoms with Crippen LogP contribution in [-0.2, 0) is 21.0 Å². The number of aromatic nitrogens is 1. The lowest BCUT2D eigenvalue weighted by molar-refractivity contribution is 0.0525. The highest BCUT2D eigenvalue weighted by Crippen LogP contribution is 2.38. The van der Waals surface area contributed by atoms with Crippen LogP contribution >= 0.6 is 0 Å². The standard InChI is InChI=1S/C30H37N3O5S/c1-3-21-5-8-25(9-6-21)39(36,37)28-20-31-27-10-7-22(30(35)38-4-2)19-26(27)29(28)33-15-11-23(12-16-33)32-17-13-24(34)14-18-32/h5-10,19-20,23-24,34H,3-4,11-18H2,1-2H3. The van der Waals surface area contributed by atoms with E-state index in [4.69, 9.17) is 4.74 Å². The van der Waals surface area contributed by atoms with Gasteiger partial charge < -0.3 is 19.6 Å². The molecule has 0 radical (unpaired) electrons. The summed E-state index contributed by atoms with van der Waals surface area (Å²) in [7, 11) is -3.88. The van der Waals surface area contributed by atoms with Crippen molar-refractivity contribution in [2.24, 2.45) is 0 Å². The van der Waals surface area contributed by atoms with Gasteiger partial charge in [-0.05, 0) is 74.9 Å². The molecule has 0 unspecified atom stereocenters. The highest BCUT2D eigenvalue weighted by atomic mass is 32.2. The van der Waals surface area contributed by atoms with Crippen molar-refractivity contribution in [2.75, 3.05) is 37.7 Å². The predicted octanol–water partition coefficient (Wildman–Crippen LogP) is 4.23. The number of hydrogen-bond acceptors (Lipinski definition) is 8. The molecule has 0 amide bonds. The zero-order chi connectivity index (χ0) is 27.6. The molecule has 1 N–H and O–H groups in total. The SMILES string of the molecule is CCOC(=O)c1ccc2ncc(S(=O)(=O)c3ccc(CC)cc3)c(N3CCC(N4CCC(O)CC4)CC3)c2c1. The maximum atomic E-state index is 14.0. The van der Waals surface area contributed by atoms with E-state index < -0.39 is 15.8 Å². The lowest BCUT2D eigenvalue weighted by Gasteiger charge is -2.42. The van der Waals surface area contributed by atoms with E-state index in [1.54, 1.807) is 37.3 Å². The molecule has 2 aliphatic heterocycles. The molecule has 0 bridgehead atoms. The summed E-state index contributed by atoms with van der Waals surface area (Å²) in [5.74, 6) is -0.445. The minimum atomic E-state index is -3.88. The molecule has 9 heteroatoms. The van der Waals surface area contributed by atoms with Gasteiger partial charge >= 0.3 is 5.97 Å². The summed E-state index contributed by atoms with van der Waals surface area (Å²) in [5, 5.41) is 10.5. The quantitative estimate of drug-likeness (QED) is 0.436. The molecule has 3 aromatic rings. The van der Waals surface area contributed by atoms with Crippen LogP contribution in [-0.4, -0.2) is 74.3 Å². The number of aliphatic hydroxyl groups is 1. The third-order valence-electron chi connectivity index (χ3n) is 8.04. The molecule has 0 saturated carbocycles. The van der Waals surface area contributed by atoms with Crippen LogP contribution in [0.5, 0.6) is 0 Å². The Bertz CT molecular complexity index is 1420. The largest absolute Gasteiger partial charge is 0.462 e. The molecule has 2 aliphatic rings. The van der Waals surface area contributed by atoms with Crippen molar-refractivity contribution in [3.05, 3.63) is 59.8 Å². The zero-order valence-electron chi connectivity index (χ0n) is 22.7. The van der Waals surface area contributed by atoms with Crippen LogP contribution in [0.1, 0.15) is 55.5 Å². The van der Waals surface area contributed by atoms with E-state index in [9.17, 15) is 18.3 Å². The Morgan fingerprint density at radius 1 is 1.00 bits per heavy atom. The Morgan fingerprint density at radius 2 is 1.69 bits per heavy atom. The summed E-state index contributed by atoms with van der Waals surface area (Å²) in [6, 6.07) is 12.6. The Kier molecular flexibility index (Phi) is 8.21. The van der Waals surface area contributed by atoms with Crippen molar-refractivity contribution in [3.8, 4) is 0 Å². The van der Waals surface area contributed by atoms with E-state index in [1.165, 1.54) is 6.20 Å². The van der Waals surface area contributed by atoms with E-state index in [-0.39, 0.29) is 22.5 Å². The molecule has 0 spiro atoms. The smallest absolute Gasteiger partial charge is 0.338 e. The topological polar surface area (TPSA) is 100 Å². The normalized spacial score (nSPS) is 18.0. The molecule has 39 heavy (non-hydrogen) atoms. The minimum absolute atomic E-state index is 0.153. The molecule has 2 saturated heterocycles. The number of hydrogen-bond donors (Lipinski definition) is 1. The number of ether oxygens (including phenoxy) is 1. The lowest BCUT2D eigenvalue weighted by Crippen LogP contribution is -2.48. The molecule has 3 heterocycles. The van der Waals surface area contributed by atoms with Gasteiger partial charge in [-0.1, -0.05) is 19.1 Å². The zero-order valence-corrected chi connectivity index (χ0v) is 23.5. The number of carbonyl (C=O) groups excluding carboxylic acids is 1. The van der Waals surface area contributed by atoms with Crippen molar-refractivity contribution in [2.45, 2.75) is 67.9 Å². The number of esters is 1. The number of carbonyl (C=O) groups is 1. The van der Waals surface area contributed by atoms with Crippen LogP contribution in [0.4, 0.5) is 5.69 Å². The molecule has 0 aliphatic carbocycles. The van der Waals surface area contributed by atoms with Gasteiger partial charge in [0.25, 0.3) is 0 Å². The van der Waals surface area contributed by atoms with Gasteiger partial charge in [0.1, 0.15) is 4.90 Å². The molecular weight excluding hydrogens is 514 g/mol. The fourth-order valence-corrected chi connectivity index (χ4v) is 7.19. The van der Waals surface area contributed by atoms with Gasteiger partial charge in [-0.2, -0.15) is 0 Å². The number of piperidine rings is 2. The molecular formula is C30H37N3O5S. The van der Waals surface area contributed by atoms with Crippen LogP contribution in [0, 0.1) is 0 Å². The van der Waals surface area contributed by atoms with Crippen molar-refractivity contribution in [3.63, 3.8) is 0 Å². The van der Waals surface area contributed by atoms with E-state index >= 15 is 0 Å². The first kappa shape index (κ1) is 27.6. The number of benzene rings is 2. The minimum Gasteiger partial charge on any atom is -0.462 e. The lowest BCUT2D eigenvalue weighted by atomic mass is 9.98. The first-order chi connectivity index (χ1) is 18.8. The van der Waals surface area contributed by atoms with Gasteiger partial charge in [-0.25, -0.2) is 13.2 Å². The molecule has 1 aromatic heterocycles. The predicted molar refractivity (Wildman–Crippen MR) is 151 cm³/mol. The second-order valence-corrected chi connectivity index (χ2v) is 12.3. The van der Waals surface area contributed by atoms with Crippen molar-refractivity contribution in [1.29, 1.82) is 0 Å². The summed E-state index contributed by atoms with van der Waals surface area (Å²) in [5.41, 5.74) is 2.66. The van der Waals surface area contributed by atoms with Crippen LogP contribution in [0.3, 0.4) is 0 Å². The number of aryl methyl sites for hydroxylation is 1. The first-order valence-corrected chi connectivity index (χ1v) is 15.4. The molecule has 208 valence electrons. The first-order valence-electron chi connectivity index (χ1n) is 13.9. The van der Waals surface area contributed by atoms with Gasteiger partial charge in [0, 0.05) is 43.8 Å². The molecule has 2 aromatic carbocycles. The third-order valence-corrected chi connectivity index (χ3v) is 9.82. The summed E-state index contributed by atoms with van der Waals surface area (Å²) < 4.78 is 33.3. The van der Waals surface area contributed by atoms with E-state index in [0.29, 0.717) is 41.3 Å². The molecule has 5 rings (SSSR count). The Balaban J connectivity index is 1.55. The number of rotatable bonds is 7. The van der Waals surface area contributed by atoms with E-state index in [0.717, 1.165) is 50.8 Å². The number of pyridine rings is 1. The average molecular weight is 552 g/mol. The highest BCUT2D eigenvalue weighted by molar-refractivity contribution is 7.91. The maximum absolute atomic E-state index is 14.0. The number of fused-ring (bicyclic) bond motifs is 1. The number of anilines is 1. The van der Waals surface area contributed by atoms with Gasteiger partial charge in [-0.3, -0.25) is 4.98 Å². The summed E-state index contributed by atoms with van der Waals surface area (Å²) >= 11 is 0. The van der Waals surface area contributed by atoms with E-state index in [1.807, 2.05) is 19.1 Å². The number of likely N-dealkylation sites (tertiary alicyclic amines) is 1. The Morgan fingerprint density at radius 3 is 2.33 bits per heavy atom. The number of aliphatic hydroxyl groups excluding tert-OH is 1. The van der Waals surface area contributed by atoms with Gasteiger partial charge in [0.15, 0.2) is 0 Å². The third kappa shape index (κ3) is 5.66. The molecule has 2 fully saturated rings. The van der Waals surface area contributed by atoms with Crippen molar-refractivity contribution in [1.82, 2.24) is 9.88 Å². The summed E-state index contributed by atoms with van der Waals surface area (Å²) in [6.07, 6.45) is 5.45.